The third-order valence-electron chi connectivity index (χ3n) is 4.30. The van der Waals surface area contributed by atoms with Gasteiger partial charge in [0.05, 0.1) is 6.61 Å². The molecule has 136 valence electrons. The topological polar surface area (TPSA) is 79.8 Å². The molecule has 1 aromatic rings. The molecule has 0 bridgehead atoms. The van der Waals surface area contributed by atoms with E-state index < -0.39 is 0 Å². The zero-order valence-corrected chi connectivity index (χ0v) is 15.0. The van der Waals surface area contributed by atoms with Crippen LogP contribution in [-0.2, 0) is 9.59 Å². The van der Waals surface area contributed by atoms with E-state index in [0.717, 1.165) is 37.1 Å². The van der Waals surface area contributed by atoms with E-state index in [4.69, 9.17) is 4.74 Å². The summed E-state index contributed by atoms with van der Waals surface area (Å²) in [6.07, 6.45) is 4.54. The molecule has 2 amide bonds. The number of nitrogens with one attached hydrogen (secondary N) is 2. The quantitative estimate of drug-likeness (QED) is 0.708. The van der Waals surface area contributed by atoms with Crippen LogP contribution in [0.3, 0.4) is 0 Å². The fourth-order valence-electron chi connectivity index (χ4n) is 2.93. The van der Waals surface area contributed by atoms with Crippen molar-refractivity contribution in [1.82, 2.24) is 5.43 Å². The molecule has 25 heavy (non-hydrogen) atoms. The van der Waals surface area contributed by atoms with Crippen LogP contribution in [0.4, 0.5) is 5.69 Å². The highest BCUT2D eigenvalue weighted by Gasteiger charge is 2.21. The van der Waals surface area contributed by atoms with Gasteiger partial charge in [-0.15, -0.1) is 0 Å². The summed E-state index contributed by atoms with van der Waals surface area (Å²) in [6, 6.07) is 7.15. The van der Waals surface area contributed by atoms with Crippen LogP contribution in [-0.4, -0.2) is 24.1 Å². The molecule has 0 spiro atoms. The Labute approximate surface area is 149 Å². The average Bonchev–Trinajstić information content (AvgIpc) is 3.07. The van der Waals surface area contributed by atoms with E-state index in [1.54, 1.807) is 24.3 Å². The molecule has 6 heteroatoms. The van der Waals surface area contributed by atoms with E-state index >= 15 is 0 Å². The van der Waals surface area contributed by atoms with Crippen LogP contribution in [0.25, 0.3) is 0 Å². The molecule has 1 aliphatic rings. The SMILES string of the molecule is CCOc1ccc(NC(=O)CCC(=O)N/N=C2\CCCC2CC)cc1. The van der Waals surface area contributed by atoms with Crippen LogP contribution in [0, 0.1) is 5.92 Å². The van der Waals surface area contributed by atoms with Gasteiger partial charge in [-0.2, -0.15) is 5.10 Å². The predicted molar refractivity (Wildman–Crippen MR) is 98.7 cm³/mol. The highest BCUT2D eigenvalue weighted by atomic mass is 16.5. The monoisotopic (exact) mass is 345 g/mol. The standard InChI is InChI=1S/C19H27N3O3/c1-3-14-6-5-7-17(14)21-22-19(24)13-12-18(23)20-15-8-10-16(11-9-15)25-4-2/h8-11,14H,3-7,12-13H2,1-2H3,(H,20,23)(H,22,24)/b21-17+. The minimum absolute atomic E-state index is 0.121. The summed E-state index contributed by atoms with van der Waals surface area (Å²) in [6.45, 7) is 4.66. The Hall–Kier alpha value is -2.37. The van der Waals surface area contributed by atoms with E-state index in [1.807, 2.05) is 6.92 Å². The fraction of sp³-hybridized carbons (Fsp3) is 0.526. The summed E-state index contributed by atoms with van der Waals surface area (Å²) < 4.78 is 5.35. The van der Waals surface area contributed by atoms with Gasteiger partial charge in [0.2, 0.25) is 11.8 Å². The van der Waals surface area contributed by atoms with Crippen molar-refractivity contribution in [3.63, 3.8) is 0 Å². The van der Waals surface area contributed by atoms with E-state index in [9.17, 15) is 9.59 Å². The van der Waals surface area contributed by atoms with Crippen molar-refractivity contribution in [2.75, 3.05) is 11.9 Å². The van der Waals surface area contributed by atoms with Gasteiger partial charge in [0.25, 0.3) is 0 Å². The first-order valence-corrected chi connectivity index (χ1v) is 9.00. The molecule has 2 N–H and O–H groups in total. The van der Waals surface area contributed by atoms with E-state index in [2.05, 4.69) is 22.8 Å². The third kappa shape index (κ3) is 6.21. The highest BCUT2D eigenvalue weighted by molar-refractivity contribution is 5.94. The average molecular weight is 345 g/mol. The predicted octanol–water partition coefficient (Wildman–Crippen LogP) is 3.49. The Balaban J connectivity index is 1.72. The first kappa shape index (κ1) is 19.0. The minimum atomic E-state index is -0.226. The van der Waals surface area contributed by atoms with Gasteiger partial charge >= 0.3 is 0 Å². The van der Waals surface area contributed by atoms with Crippen molar-refractivity contribution in [2.24, 2.45) is 11.0 Å². The number of hydrogen-bond acceptors (Lipinski definition) is 4. The van der Waals surface area contributed by atoms with Crippen molar-refractivity contribution < 1.29 is 14.3 Å². The van der Waals surface area contributed by atoms with Gasteiger partial charge in [-0.25, -0.2) is 5.43 Å². The fourth-order valence-corrected chi connectivity index (χ4v) is 2.93. The number of anilines is 1. The lowest BCUT2D eigenvalue weighted by atomic mass is 10.0. The van der Waals surface area contributed by atoms with Gasteiger partial charge in [-0.3, -0.25) is 9.59 Å². The number of carbonyl (C=O) groups excluding carboxylic acids is 2. The molecule has 0 aliphatic heterocycles. The van der Waals surface area contributed by atoms with Crippen molar-refractivity contribution in [3.8, 4) is 5.75 Å². The molecule has 0 aromatic heterocycles. The van der Waals surface area contributed by atoms with Crippen LogP contribution >= 0.6 is 0 Å². The van der Waals surface area contributed by atoms with Crippen LogP contribution in [0.2, 0.25) is 0 Å². The van der Waals surface area contributed by atoms with Gasteiger partial charge in [-0.05, 0) is 62.8 Å². The maximum absolute atomic E-state index is 11.9. The molecule has 1 saturated carbocycles. The summed E-state index contributed by atoms with van der Waals surface area (Å²) in [5, 5.41) is 7.01. The molecule has 1 aromatic carbocycles. The van der Waals surface area contributed by atoms with Gasteiger partial charge in [0.1, 0.15) is 5.75 Å². The second-order valence-electron chi connectivity index (χ2n) is 6.14. The number of rotatable bonds is 8. The number of benzene rings is 1. The molecule has 2 rings (SSSR count). The van der Waals surface area contributed by atoms with E-state index in [0.29, 0.717) is 18.2 Å². The highest BCUT2D eigenvalue weighted by Crippen LogP contribution is 2.24. The van der Waals surface area contributed by atoms with Crippen LogP contribution < -0.4 is 15.5 Å². The molecular weight excluding hydrogens is 318 g/mol. The molecule has 1 aliphatic carbocycles. The van der Waals surface area contributed by atoms with Crippen LogP contribution in [0.15, 0.2) is 29.4 Å². The molecule has 1 atom stereocenters. The maximum Gasteiger partial charge on any atom is 0.240 e. The Morgan fingerprint density at radius 1 is 1.16 bits per heavy atom. The smallest absolute Gasteiger partial charge is 0.240 e. The number of ether oxygens (including phenoxy) is 1. The van der Waals surface area contributed by atoms with Crippen molar-refractivity contribution >= 4 is 23.2 Å². The van der Waals surface area contributed by atoms with Gasteiger partial charge in [0.15, 0.2) is 0 Å². The zero-order valence-electron chi connectivity index (χ0n) is 15.0. The van der Waals surface area contributed by atoms with Gasteiger partial charge in [0, 0.05) is 24.2 Å². The summed E-state index contributed by atoms with van der Waals surface area (Å²) in [5.41, 5.74) is 4.35. The number of carbonyl (C=O) groups is 2. The normalized spacial score (nSPS) is 18.2. The molecule has 0 radical (unpaired) electrons. The first-order chi connectivity index (χ1) is 12.1. The van der Waals surface area contributed by atoms with Crippen molar-refractivity contribution in [1.29, 1.82) is 0 Å². The number of nitrogens with zero attached hydrogens (tertiary/aromatic N) is 1. The maximum atomic E-state index is 11.9. The molecule has 0 saturated heterocycles. The number of hydrogen-bond donors (Lipinski definition) is 2. The Bertz CT molecular complexity index is 611. The van der Waals surface area contributed by atoms with Gasteiger partial charge in [-0.1, -0.05) is 6.92 Å². The second kappa shape index (κ2) is 9.81. The van der Waals surface area contributed by atoms with E-state index in [1.165, 1.54) is 0 Å². The number of hydrazone groups is 1. The molecule has 0 heterocycles. The number of amides is 2. The lowest BCUT2D eigenvalue weighted by Gasteiger charge is -2.08. The van der Waals surface area contributed by atoms with Crippen LogP contribution in [0.5, 0.6) is 5.75 Å². The Kier molecular flexibility index (Phi) is 7.44. The Morgan fingerprint density at radius 3 is 2.56 bits per heavy atom. The van der Waals surface area contributed by atoms with Crippen molar-refractivity contribution in [3.05, 3.63) is 24.3 Å². The first-order valence-electron chi connectivity index (χ1n) is 9.00. The third-order valence-corrected chi connectivity index (χ3v) is 4.30. The Morgan fingerprint density at radius 2 is 1.88 bits per heavy atom. The van der Waals surface area contributed by atoms with E-state index in [-0.39, 0.29) is 24.7 Å². The van der Waals surface area contributed by atoms with Crippen molar-refractivity contribution in [2.45, 2.75) is 52.4 Å². The second-order valence-corrected chi connectivity index (χ2v) is 6.14. The molecular formula is C19H27N3O3. The van der Waals surface area contributed by atoms with Gasteiger partial charge < -0.3 is 10.1 Å². The zero-order chi connectivity index (χ0) is 18.1. The molecule has 1 unspecified atom stereocenters. The summed E-state index contributed by atoms with van der Waals surface area (Å²) in [5.74, 6) is 0.829. The lowest BCUT2D eigenvalue weighted by Crippen LogP contribution is -2.22. The molecule has 6 nitrogen and oxygen atoms in total. The molecule has 1 fully saturated rings. The lowest BCUT2D eigenvalue weighted by molar-refractivity contribution is -0.124. The summed E-state index contributed by atoms with van der Waals surface area (Å²) in [4.78, 5) is 23.8. The largest absolute Gasteiger partial charge is 0.494 e. The summed E-state index contributed by atoms with van der Waals surface area (Å²) >= 11 is 0. The van der Waals surface area contributed by atoms with Crippen LogP contribution in [0.1, 0.15) is 52.4 Å². The summed E-state index contributed by atoms with van der Waals surface area (Å²) in [7, 11) is 0. The minimum Gasteiger partial charge on any atom is -0.494 e.